The number of anilines is 2. The lowest BCUT2D eigenvalue weighted by molar-refractivity contribution is -0.384. The van der Waals surface area contributed by atoms with Crippen LogP contribution in [0.1, 0.15) is 9.67 Å². The van der Waals surface area contributed by atoms with Crippen LogP contribution in [-0.2, 0) is 4.74 Å². The number of nitrogens with one attached hydrogen (secondary N) is 1. The second-order valence-electron chi connectivity index (χ2n) is 5.83. The van der Waals surface area contributed by atoms with Gasteiger partial charge in [0.25, 0.3) is 5.69 Å². The number of esters is 1. The minimum atomic E-state index is -0.483. The van der Waals surface area contributed by atoms with Crippen molar-refractivity contribution in [2.45, 2.75) is 0 Å². The van der Waals surface area contributed by atoms with Crippen LogP contribution in [0.25, 0.3) is 0 Å². The van der Waals surface area contributed by atoms with Gasteiger partial charge >= 0.3 is 12.0 Å². The van der Waals surface area contributed by atoms with E-state index in [1.807, 2.05) is 0 Å². The van der Waals surface area contributed by atoms with Gasteiger partial charge in [0.15, 0.2) is 0 Å². The third-order valence-electron chi connectivity index (χ3n) is 4.27. The number of hydrogen-bond donors (Lipinski definition) is 1. The molecule has 0 atom stereocenters. The maximum atomic E-state index is 12.5. The predicted molar refractivity (Wildman–Crippen MR) is 102 cm³/mol. The predicted octanol–water partition coefficient (Wildman–Crippen LogP) is 2.80. The summed E-state index contributed by atoms with van der Waals surface area (Å²) < 4.78 is 4.71. The van der Waals surface area contributed by atoms with Crippen molar-refractivity contribution < 1.29 is 19.2 Å². The van der Waals surface area contributed by atoms with E-state index in [0.29, 0.717) is 36.7 Å². The Labute approximate surface area is 159 Å². The first kappa shape index (κ1) is 18.6. The molecule has 0 unspecified atom stereocenters. The van der Waals surface area contributed by atoms with Crippen LogP contribution in [0.3, 0.4) is 0 Å². The molecule has 2 heterocycles. The van der Waals surface area contributed by atoms with Crippen molar-refractivity contribution >= 4 is 40.4 Å². The van der Waals surface area contributed by atoms with Gasteiger partial charge in [-0.15, -0.1) is 11.3 Å². The van der Waals surface area contributed by atoms with Crippen LogP contribution < -0.4 is 10.2 Å². The summed E-state index contributed by atoms with van der Waals surface area (Å²) in [5.74, 6) is -0.483. The zero-order chi connectivity index (χ0) is 19.4. The highest BCUT2D eigenvalue weighted by atomic mass is 32.1. The lowest BCUT2D eigenvalue weighted by atomic mass is 10.2. The van der Waals surface area contributed by atoms with Crippen LogP contribution in [0.4, 0.5) is 21.9 Å². The third kappa shape index (κ3) is 4.17. The fraction of sp³-hybridized carbons (Fsp3) is 0.294. The van der Waals surface area contributed by atoms with Gasteiger partial charge in [-0.1, -0.05) is 0 Å². The molecule has 2 amide bonds. The first-order valence-corrected chi connectivity index (χ1v) is 9.08. The molecule has 142 valence electrons. The van der Waals surface area contributed by atoms with Crippen molar-refractivity contribution in [3.63, 3.8) is 0 Å². The number of methoxy groups -OCH3 is 1. The molecule has 1 fully saturated rings. The van der Waals surface area contributed by atoms with E-state index in [-0.39, 0.29) is 11.7 Å². The van der Waals surface area contributed by atoms with Crippen LogP contribution in [0, 0.1) is 10.1 Å². The number of nitro groups is 1. The van der Waals surface area contributed by atoms with E-state index in [4.69, 9.17) is 4.74 Å². The van der Waals surface area contributed by atoms with E-state index in [9.17, 15) is 19.7 Å². The Bertz CT molecular complexity index is 843. The molecule has 0 radical (unpaired) electrons. The zero-order valence-electron chi connectivity index (χ0n) is 14.6. The van der Waals surface area contributed by atoms with Gasteiger partial charge in [0.1, 0.15) is 4.88 Å². The van der Waals surface area contributed by atoms with E-state index < -0.39 is 10.9 Å². The van der Waals surface area contributed by atoms with Crippen molar-refractivity contribution in [2.24, 2.45) is 0 Å². The zero-order valence-corrected chi connectivity index (χ0v) is 15.4. The highest BCUT2D eigenvalue weighted by molar-refractivity contribution is 7.12. The van der Waals surface area contributed by atoms with Crippen molar-refractivity contribution in [1.82, 2.24) is 4.90 Å². The van der Waals surface area contributed by atoms with Crippen LogP contribution in [0.15, 0.2) is 35.7 Å². The Hall–Kier alpha value is -3.14. The summed E-state index contributed by atoms with van der Waals surface area (Å²) in [6.07, 6.45) is 0. The molecule has 0 aliphatic carbocycles. The molecular weight excluding hydrogens is 372 g/mol. The van der Waals surface area contributed by atoms with Gasteiger partial charge in [-0.25, -0.2) is 9.59 Å². The number of benzene rings is 1. The molecule has 1 saturated heterocycles. The standard InChI is InChI=1S/C17H18N4O5S/c1-26-16(22)15-14(6-11-27-15)18-17(23)20-9-7-19(8-10-20)12-2-4-13(5-3-12)21(24)25/h2-6,11H,7-10H2,1H3,(H,18,23). The van der Waals surface area contributed by atoms with Gasteiger partial charge in [0, 0.05) is 44.0 Å². The molecule has 0 saturated carbocycles. The number of urea groups is 1. The van der Waals surface area contributed by atoms with Crippen molar-refractivity contribution in [3.05, 3.63) is 50.7 Å². The minimum absolute atomic E-state index is 0.0499. The summed E-state index contributed by atoms with van der Waals surface area (Å²) in [4.78, 5) is 38.6. The summed E-state index contributed by atoms with van der Waals surface area (Å²) in [6, 6.07) is 7.76. The van der Waals surface area contributed by atoms with E-state index in [0.717, 1.165) is 5.69 Å². The molecule has 9 nitrogen and oxygen atoms in total. The number of nitro benzene ring substituents is 1. The SMILES string of the molecule is COC(=O)c1sccc1NC(=O)N1CCN(c2ccc([N+](=O)[O-])cc2)CC1. The van der Waals surface area contributed by atoms with Crippen molar-refractivity contribution in [1.29, 1.82) is 0 Å². The van der Waals surface area contributed by atoms with Crippen LogP contribution in [0.5, 0.6) is 0 Å². The minimum Gasteiger partial charge on any atom is -0.465 e. The average molecular weight is 390 g/mol. The third-order valence-corrected chi connectivity index (χ3v) is 5.16. The smallest absolute Gasteiger partial charge is 0.350 e. The molecule has 27 heavy (non-hydrogen) atoms. The van der Waals surface area contributed by atoms with Crippen LogP contribution in [-0.4, -0.2) is 55.1 Å². The number of carbonyl (C=O) groups is 2. The topological polar surface area (TPSA) is 105 Å². The maximum Gasteiger partial charge on any atom is 0.350 e. The molecule has 1 aromatic heterocycles. The van der Waals surface area contributed by atoms with E-state index in [2.05, 4.69) is 10.2 Å². The molecule has 0 spiro atoms. The summed E-state index contributed by atoms with van der Waals surface area (Å²) in [6.45, 7) is 2.22. The van der Waals surface area contributed by atoms with Crippen LogP contribution >= 0.6 is 11.3 Å². The molecule has 1 N–H and O–H groups in total. The highest BCUT2D eigenvalue weighted by Crippen LogP contribution is 2.24. The first-order chi connectivity index (χ1) is 13.0. The number of carbonyl (C=O) groups excluding carboxylic acids is 2. The molecule has 1 aliphatic heterocycles. The summed E-state index contributed by atoms with van der Waals surface area (Å²) >= 11 is 1.21. The molecule has 10 heteroatoms. The van der Waals surface area contributed by atoms with Crippen LogP contribution in [0.2, 0.25) is 0 Å². The first-order valence-electron chi connectivity index (χ1n) is 8.20. The number of hydrogen-bond acceptors (Lipinski definition) is 7. The molecule has 3 rings (SSSR count). The van der Waals surface area contributed by atoms with Crippen molar-refractivity contribution in [3.8, 4) is 0 Å². The lowest BCUT2D eigenvalue weighted by Gasteiger charge is -2.36. The molecule has 1 aliphatic rings. The van der Waals surface area contributed by atoms with Gasteiger partial charge in [0.05, 0.1) is 17.7 Å². The molecule has 0 bridgehead atoms. The van der Waals surface area contributed by atoms with Gasteiger partial charge in [0.2, 0.25) is 0 Å². The maximum absolute atomic E-state index is 12.5. The van der Waals surface area contributed by atoms with E-state index in [1.54, 1.807) is 28.5 Å². The molecule has 1 aromatic carbocycles. The summed E-state index contributed by atoms with van der Waals surface area (Å²) in [5, 5.41) is 15.2. The average Bonchev–Trinajstić information content (AvgIpc) is 3.15. The monoisotopic (exact) mass is 390 g/mol. The van der Waals surface area contributed by atoms with Crippen molar-refractivity contribution in [2.75, 3.05) is 43.5 Å². The van der Waals surface area contributed by atoms with E-state index in [1.165, 1.54) is 30.6 Å². The Morgan fingerprint density at radius 3 is 2.41 bits per heavy atom. The van der Waals surface area contributed by atoms with E-state index >= 15 is 0 Å². The lowest BCUT2D eigenvalue weighted by Crippen LogP contribution is -2.50. The summed E-state index contributed by atoms with van der Waals surface area (Å²) in [5.41, 5.74) is 1.37. The number of non-ortho nitro benzene ring substituents is 1. The normalized spacial score (nSPS) is 14.0. The Morgan fingerprint density at radius 2 is 1.81 bits per heavy atom. The second kappa shape index (κ2) is 8.04. The molecule has 2 aromatic rings. The molecular formula is C17H18N4O5S. The number of rotatable bonds is 4. The van der Waals surface area contributed by atoms with Gasteiger partial charge < -0.3 is 19.9 Å². The largest absolute Gasteiger partial charge is 0.465 e. The van der Waals surface area contributed by atoms with Gasteiger partial charge in [-0.3, -0.25) is 10.1 Å². The fourth-order valence-electron chi connectivity index (χ4n) is 2.81. The second-order valence-corrected chi connectivity index (χ2v) is 6.75. The van der Waals surface area contributed by atoms with Gasteiger partial charge in [-0.2, -0.15) is 0 Å². The number of piperazine rings is 1. The van der Waals surface area contributed by atoms with Gasteiger partial charge in [-0.05, 0) is 23.6 Å². The number of thiophene rings is 1. The number of ether oxygens (including phenoxy) is 1. The fourth-order valence-corrected chi connectivity index (χ4v) is 3.57. The summed E-state index contributed by atoms with van der Waals surface area (Å²) in [7, 11) is 1.30. The Morgan fingerprint density at radius 1 is 1.15 bits per heavy atom. The number of nitrogens with zero attached hydrogens (tertiary/aromatic N) is 3. The Balaban J connectivity index is 1.57. The number of amides is 2. The highest BCUT2D eigenvalue weighted by Gasteiger charge is 2.23. The Kier molecular flexibility index (Phi) is 5.55. The quantitative estimate of drug-likeness (QED) is 0.489.